The largest absolute Gasteiger partial charge is 0.495 e. The fraction of sp³-hybridized carbons (Fsp3) is 0.136. The van der Waals surface area contributed by atoms with Gasteiger partial charge in [0.05, 0.1) is 17.7 Å². The number of benzene rings is 3. The predicted molar refractivity (Wildman–Crippen MR) is 113 cm³/mol. The van der Waals surface area contributed by atoms with E-state index in [2.05, 4.69) is 10.0 Å². The predicted octanol–water partition coefficient (Wildman–Crippen LogP) is 3.73. The lowest BCUT2D eigenvalue weighted by atomic mass is 10.1. The zero-order valence-electron chi connectivity index (χ0n) is 16.2. The van der Waals surface area contributed by atoms with Crippen LogP contribution in [0.4, 0.5) is 5.69 Å². The lowest BCUT2D eigenvalue weighted by Crippen LogP contribution is -2.24. The number of anilines is 1. The van der Waals surface area contributed by atoms with E-state index in [-0.39, 0.29) is 17.0 Å². The molecule has 1 amide bonds. The van der Waals surface area contributed by atoms with Gasteiger partial charge in [0.1, 0.15) is 5.75 Å². The van der Waals surface area contributed by atoms with E-state index in [1.807, 2.05) is 30.3 Å². The number of rotatable bonds is 7. The molecule has 3 aromatic carbocycles. The normalized spacial score (nSPS) is 11.1. The quantitative estimate of drug-likeness (QED) is 0.622. The van der Waals surface area contributed by atoms with E-state index in [1.54, 1.807) is 37.3 Å². The zero-order valence-corrected chi connectivity index (χ0v) is 17.0. The summed E-state index contributed by atoms with van der Waals surface area (Å²) < 4.78 is 33.2. The Hall–Kier alpha value is -3.16. The maximum atomic E-state index is 12.8. The number of hydrogen-bond acceptors (Lipinski definition) is 4. The van der Waals surface area contributed by atoms with Gasteiger partial charge in [-0.25, -0.2) is 13.1 Å². The van der Waals surface area contributed by atoms with Gasteiger partial charge in [-0.2, -0.15) is 0 Å². The van der Waals surface area contributed by atoms with Crippen LogP contribution in [0, 0.1) is 6.92 Å². The second-order valence-electron chi connectivity index (χ2n) is 6.44. The van der Waals surface area contributed by atoms with E-state index < -0.39 is 15.9 Å². The van der Waals surface area contributed by atoms with Crippen LogP contribution >= 0.6 is 0 Å². The van der Waals surface area contributed by atoms with E-state index in [1.165, 1.54) is 19.2 Å². The minimum atomic E-state index is -3.77. The Labute approximate surface area is 170 Å². The molecular formula is C22H22N2O4S. The third kappa shape index (κ3) is 5.01. The monoisotopic (exact) mass is 410 g/mol. The van der Waals surface area contributed by atoms with Crippen LogP contribution in [0.3, 0.4) is 0 Å². The molecule has 0 unspecified atom stereocenters. The number of carbonyl (C=O) groups is 1. The number of ether oxygens (including phenoxy) is 1. The topological polar surface area (TPSA) is 84.5 Å². The first kappa shape index (κ1) is 20.6. The molecule has 7 heteroatoms. The minimum absolute atomic E-state index is 0.0317. The molecule has 0 saturated carbocycles. The van der Waals surface area contributed by atoms with Crippen molar-refractivity contribution in [3.05, 3.63) is 89.5 Å². The summed E-state index contributed by atoms with van der Waals surface area (Å²) in [6.45, 7) is 1.92. The Kier molecular flexibility index (Phi) is 6.31. The lowest BCUT2D eigenvalue weighted by molar-refractivity contribution is 0.102. The number of sulfonamides is 1. The van der Waals surface area contributed by atoms with Crippen molar-refractivity contribution in [1.29, 1.82) is 0 Å². The Bertz CT molecular complexity index is 1110. The molecule has 6 nitrogen and oxygen atoms in total. The average Bonchev–Trinajstić information content (AvgIpc) is 2.73. The summed E-state index contributed by atoms with van der Waals surface area (Å²) in [5.41, 5.74) is 2.30. The zero-order chi connectivity index (χ0) is 20.9. The summed E-state index contributed by atoms with van der Waals surface area (Å²) in [6, 6.07) is 20.7. The fourth-order valence-electron chi connectivity index (χ4n) is 2.81. The highest BCUT2D eigenvalue weighted by Crippen LogP contribution is 2.25. The van der Waals surface area contributed by atoms with E-state index >= 15 is 0 Å². The molecular weight excluding hydrogens is 388 g/mol. The van der Waals surface area contributed by atoms with Gasteiger partial charge in [-0.3, -0.25) is 4.79 Å². The second kappa shape index (κ2) is 8.89. The summed E-state index contributed by atoms with van der Waals surface area (Å²) in [5, 5.41) is 2.78. The summed E-state index contributed by atoms with van der Waals surface area (Å²) in [4.78, 5) is 12.8. The highest BCUT2D eigenvalue weighted by Gasteiger charge is 2.18. The summed E-state index contributed by atoms with van der Waals surface area (Å²) >= 11 is 0. The molecule has 3 aromatic rings. The molecule has 0 radical (unpaired) electrons. The summed E-state index contributed by atoms with van der Waals surface area (Å²) in [7, 11) is -2.26. The molecule has 3 rings (SSSR count). The molecule has 0 saturated heterocycles. The number of aryl methyl sites for hydroxylation is 1. The van der Waals surface area contributed by atoms with Gasteiger partial charge in [0.25, 0.3) is 5.91 Å². The van der Waals surface area contributed by atoms with Crippen molar-refractivity contribution in [2.24, 2.45) is 0 Å². The van der Waals surface area contributed by atoms with Crippen LogP contribution in [0.2, 0.25) is 0 Å². The maximum Gasteiger partial charge on any atom is 0.256 e. The smallest absolute Gasteiger partial charge is 0.256 e. The average molecular weight is 410 g/mol. The number of carbonyl (C=O) groups excluding carboxylic acids is 1. The highest BCUT2D eigenvalue weighted by atomic mass is 32.2. The number of hydrogen-bond donors (Lipinski definition) is 2. The number of amides is 1. The van der Waals surface area contributed by atoms with E-state index in [9.17, 15) is 13.2 Å². The van der Waals surface area contributed by atoms with Gasteiger partial charge in [0.2, 0.25) is 10.0 Å². The molecule has 0 atom stereocenters. The van der Waals surface area contributed by atoms with Crippen LogP contribution in [-0.4, -0.2) is 21.4 Å². The fourth-order valence-corrected chi connectivity index (χ4v) is 3.85. The van der Waals surface area contributed by atoms with Crippen molar-refractivity contribution in [3.63, 3.8) is 0 Å². The molecule has 2 N–H and O–H groups in total. The van der Waals surface area contributed by atoms with Crippen molar-refractivity contribution in [2.45, 2.75) is 18.4 Å². The number of methoxy groups -OCH3 is 1. The van der Waals surface area contributed by atoms with Crippen molar-refractivity contribution in [3.8, 4) is 5.75 Å². The molecule has 0 spiro atoms. The van der Waals surface area contributed by atoms with Crippen molar-refractivity contribution >= 4 is 21.6 Å². The maximum absolute atomic E-state index is 12.8. The highest BCUT2D eigenvalue weighted by molar-refractivity contribution is 7.89. The standard InChI is InChI=1S/C22H22N2O4S/c1-16-12-13-18(29(26,27)23-15-17-8-4-3-5-9-17)14-19(16)22(25)24-20-10-6-7-11-21(20)28-2/h3-14,23H,15H2,1-2H3,(H,24,25). The van der Waals surface area contributed by atoms with Crippen LogP contribution in [0.15, 0.2) is 77.7 Å². The van der Waals surface area contributed by atoms with Crippen LogP contribution in [0.5, 0.6) is 5.75 Å². The van der Waals surface area contributed by atoms with Crippen molar-refractivity contribution < 1.29 is 17.9 Å². The first-order chi connectivity index (χ1) is 13.9. The first-order valence-electron chi connectivity index (χ1n) is 8.99. The van der Waals surface area contributed by atoms with Crippen molar-refractivity contribution in [1.82, 2.24) is 4.72 Å². The number of para-hydroxylation sites is 2. The molecule has 150 valence electrons. The number of nitrogens with one attached hydrogen (secondary N) is 2. The van der Waals surface area contributed by atoms with E-state index in [0.29, 0.717) is 17.0 Å². The molecule has 0 aliphatic carbocycles. The van der Waals surface area contributed by atoms with Crippen LogP contribution < -0.4 is 14.8 Å². The first-order valence-corrected chi connectivity index (χ1v) is 10.5. The molecule has 0 heterocycles. The van der Waals surface area contributed by atoms with E-state index in [4.69, 9.17) is 4.74 Å². The SMILES string of the molecule is COc1ccccc1NC(=O)c1cc(S(=O)(=O)NCc2ccccc2)ccc1C. The van der Waals surface area contributed by atoms with Gasteiger partial charge in [-0.15, -0.1) is 0 Å². The molecule has 0 aliphatic rings. The van der Waals surface area contributed by atoms with Gasteiger partial charge in [-0.05, 0) is 42.3 Å². The molecule has 0 bridgehead atoms. The van der Waals surface area contributed by atoms with Gasteiger partial charge in [-0.1, -0.05) is 48.5 Å². The Balaban J connectivity index is 1.82. The Morgan fingerprint density at radius 1 is 0.966 bits per heavy atom. The van der Waals surface area contributed by atoms with Crippen LogP contribution in [0.1, 0.15) is 21.5 Å². The lowest BCUT2D eigenvalue weighted by Gasteiger charge is -2.13. The summed E-state index contributed by atoms with van der Waals surface area (Å²) in [6.07, 6.45) is 0. The van der Waals surface area contributed by atoms with Gasteiger partial charge >= 0.3 is 0 Å². The van der Waals surface area contributed by atoms with Crippen LogP contribution in [-0.2, 0) is 16.6 Å². The van der Waals surface area contributed by atoms with Gasteiger partial charge < -0.3 is 10.1 Å². The molecule has 0 fully saturated rings. The minimum Gasteiger partial charge on any atom is -0.495 e. The third-order valence-corrected chi connectivity index (χ3v) is 5.83. The third-order valence-electron chi connectivity index (χ3n) is 4.43. The molecule has 29 heavy (non-hydrogen) atoms. The van der Waals surface area contributed by atoms with Gasteiger partial charge in [0, 0.05) is 12.1 Å². The van der Waals surface area contributed by atoms with Crippen molar-refractivity contribution in [2.75, 3.05) is 12.4 Å². The van der Waals surface area contributed by atoms with Gasteiger partial charge in [0.15, 0.2) is 0 Å². The molecule has 0 aliphatic heterocycles. The van der Waals surface area contributed by atoms with Crippen LogP contribution in [0.25, 0.3) is 0 Å². The second-order valence-corrected chi connectivity index (χ2v) is 8.21. The molecule has 0 aromatic heterocycles. The van der Waals surface area contributed by atoms with E-state index in [0.717, 1.165) is 5.56 Å². The Morgan fingerprint density at radius 2 is 1.66 bits per heavy atom. The Morgan fingerprint density at radius 3 is 2.38 bits per heavy atom. The summed E-state index contributed by atoms with van der Waals surface area (Å²) in [5.74, 6) is 0.110.